The molecule has 6 heteroatoms. The Hall–Kier alpha value is -3.12. The van der Waals surface area contributed by atoms with E-state index in [0.29, 0.717) is 6.54 Å². The number of hydrogen-bond acceptors (Lipinski definition) is 4. The van der Waals surface area contributed by atoms with Gasteiger partial charge in [-0.15, -0.1) is 0 Å². The molecule has 0 saturated carbocycles. The van der Waals surface area contributed by atoms with E-state index in [1.165, 1.54) is 5.56 Å². The molecule has 2 aromatic carbocycles. The summed E-state index contributed by atoms with van der Waals surface area (Å²) in [4.78, 5) is 20.5. The molecule has 2 heterocycles. The molecule has 3 aromatic rings. The van der Waals surface area contributed by atoms with Crippen LogP contribution in [0.15, 0.2) is 60.9 Å². The van der Waals surface area contributed by atoms with Crippen molar-refractivity contribution < 1.29 is 9.53 Å². The lowest BCUT2D eigenvalue weighted by atomic mass is 9.99. The molecule has 0 fully saturated rings. The Bertz CT molecular complexity index is 1040. The lowest BCUT2D eigenvalue weighted by Crippen LogP contribution is -2.42. The maximum Gasteiger partial charge on any atom is 0.247 e. The summed E-state index contributed by atoms with van der Waals surface area (Å²) in [7, 11) is 0. The van der Waals surface area contributed by atoms with Crippen LogP contribution >= 0.6 is 0 Å². The summed E-state index contributed by atoms with van der Waals surface area (Å²) in [6.45, 7) is 9.74. The standard InChI is InChI=1S/C26H32N4O2/c1-18(2)30-17-27-23-14-15-29(16-20-8-6-5-7-9-20)25(24(23)30)26(31)28-21-10-12-22(13-11-21)32-19(3)4/h5-13,17-19,25H,14-16H2,1-4H3,(H,28,31)/t25-/m1/s1. The van der Waals surface area contributed by atoms with Crippen molar-refractivity contribution in [3.8, 4) is 5.75 Å². The Balaban J connectivity index is 1.62. The van der Waals surface area contributed by atoms with E-state index in [-0.39, 0.29) is 18.1 Å². The fourth-order valence-corrected chi connectivity index (χ4v) is 4.24. The first-order valence-electron chi connectivity index (χ1n) is 11.3. The smallest absolute Gasteiger partial charge is 0.247 e. The van der Waals surface area contributed by atoms with E-state index in [4.69, 9.17) is 4.74 Å². The highest BCUT2D eigenvalue weighted by atomic mass is 16.5. The molecule has 1 atom stereocenters. The summed E-state index contributed by atoms with van der Waals surface area (Å²) >= 11 is 0. The van der Waals surface area contributed by atoms with Gasteiger partial charge in [0, 0.05) is 31.2 Å². The number of nitrogens with zero attached hydrogens (tertiary/aromatic N) is 3. The van der Waals surface area contributed by atoms with Crippen molar-refractivity contribution in [3.63, 3.8) is 0 Å². The minimum atomic E-state index is -0.407. The highest BCUT2D eigenvalue weighted by molar-refractivity contribution is 5.95. The second kappa shape index (κ2) is 9.57. The highest BCUT2D eigenvalue weighted by Gasteiger charge is 2.37. The average Bonchev–Trinajstić information content (AvgIpc) is 3.20. The Kier molecular flexibility index (Phi) is 6.61. The number of carbonyl (C=O) groups is 1. The maximum atomic E-state index is 13.6. The molecule has 0 unspecified atom stereocenters. The van der Waals surface area contributed by atoms with Crippen molar-refractivity contribution in [3.05, 3.63) is 77.9 Å². The van der Waals surface area contributed by atoms with Gasteiger partial charge < -0.3 is 14.6 Å². The lowest BCUT2D eigenvalue weighted by molar-refractivity contribution is -0.122. The fourth-order valence-electron chi connectivity index (χ4n) is 4.24. The SMILES string of the molecule is CC(C)Oc1ccc(NC(=O)[C@H]2c3c(ncn3C(C)C)CCN2Cc2ccccc2)cc1. The zero-order valence-corrected chi connectivity index (χ0v) is 19.3. The monoisotopic (exact) mass is 432 g/mol. The lowest BCUT2D eigenvalue weighted by Gasteiger charge is -2.36. The molecule has 0 bridgehead atoms. The second-order valence-corrected chi connectivity index (χ2v) is 8.87. The summed E-state index contributed by atoms with van der Waals surface area (Å²) < 4.78 is 7.85. The number of amides is 1. The van der Waals surface area contributed by atoms with Gasteiger partial charge in [-0.1, -0.05) is 30.3 Å². The predicted molar refractivity (Wildman–Crippen MR) is 127 cm³/mol. The van der Waals surface area contributed by atoms with Crippen molar-refractivity contribution in [2.45, 2.75) is 58.8 Å². The quantitative estimate of drug-likeness (QED) is 0.571. The number of imidazole rings is 1. The molecule has 1 N–H and O–H groups in total. The van der Waals surface area contributed by atoms with Crippen LogP contribution < -0.4 is 10.1 Å². The van der Waals surface area contributed by atoms with Crippen LogP contribution in [0.1, 0.15) is 56.7 Å². The van der Waals surface area contributed by atoms with Crippen molar-refractivity contribution >= 4 is 11.6 Å². The number of aromatic nitrogens is 2. The third-order valence-corrected chi connectivity index (χ3v) is 5.70. The molecule has 1 aliphatic rings. The van der Waals surface area contributed by atoms with Crippen LogP contribution in [0.25, 0.3) is 0 Å². The van der Waals surface area contributed by atoms with Crippen LogP contribution in [0.3, 0.4) is 0 Å². The molecule has 6 nitrogen and oxygen atoms in total. The minimum Gasteiger partial charge on any atom is -0.491 e. The van der Waals surface area contributed by atoms with Gasteiger partial charge >= 0.3 is 0 Å². The summed E-state index contributed by atoms with van der Waals surface area (Å²) in [6, 6.07) is 17.7. The number of carbonyl (C=O) groups excluding carboxylic acids is 1. The first kappa shape index (κ1) is 22.1. The third kappa shape index (κ3) is 4.86. The Labute approximate surface area is 190 Å². The average molecular weight is 433 g/mol. The number of fused-ring (bicyclic) bond motifs is 1. The number of benzene rings is 2. The van der Waals surface area contributed by atoms with Crippen LogP contribution in [-0.4, -0.2) is 33.0 Å². The molecule has 1 aliphatic heterocycles. The van der Waals surface area contributed by atoms with E-state index >= 15 is 0 Å². The molecule has 1 aromatic heterocycles. The van der Waals surface area contributed by atoms with Gasteiger partial charge in [0.25, 0.3) is 0 Å². The molecule has 0 radical (unpaired) electrons. The molecule has 0 saturated heterocycles. The largest absolute Gasteiger partial charge is 0.491 e. The zero-order chi connectivity index (χ0) is 22.7. The molecule has 32 heavy (non-hydrogen) atoms. The van der Waals surface area contributed by atoms with Crippen molar-refractivity contribution in [2.75, 3.05) is 11.9 Å². The molecule has 1 amide bonds. The maximum absolute atomic E-state index is 13.6. The van der Waals surface area contributed by atoms with Crippen LogP contribution in [0.5, 0.6) is 5.75 Å². The molecule has 0 aliphatic carbocycles. The number of nitrogens with one attached hydrogen (secondary N) is 1. The van der Waals surface area contributed by atoms with Crippen molar-refractivity contribution in [1.29, 1.82) is 0 Å². The number of ether oxygens (including phenoxy) is 1. The number of rotatable bonds is 7. The van der Waals surface area contributed by atoms with Gasteiger partial charge in [0.15, 0.2) is 0 Å². The van der Waals surface area contributed by atoms with E-state index < -0.39 is 6.04 Å². The van der Waals surface area contributed by atoms with Gasteiger partial charge in [0.05, 0.1) is 23.8 Å². The van der Waals surface area contributed by atoms with Gasteiger partial charge in [-0.05, 0) is 57.5 Å². The summed E-state index contributed by atoms with van der Waals surface area (Å²) in [5.74, 6) is 0.753. The molecule has 168 valence electrons. The van der Waals surface area contributed by atoms with Gasteiger partial charge in [0.1, 0.15) is 11.8 Å². The summed E-state index contributed by atoms with van der Waals surface area (Å²) in [6.07, 6.45) is 2.83. The van der Waals surface area contributed by atoms with E-state index in [2.05, 4.69) is 45.7 Å². The van der Waals surface area contributed by atoms with Crippen LogP contribution in [0, 0.1) is 0 Å². The van der Waals surface area contributed by atoms with Gasteiger partial charge in [0.2, 0.25) is 5.91 Å². The van der Waals surface area contributed by atoms with Crippen LogP contribution in [0.4, 0.5) is 5.69 Å². The molecular formula is C26H32N4O2. The van der Waals surface area contributed by atoms with E-state index in [1.807, 2.05) is 62.6 Å². The van der Waals surface area contributed by atoms with E-state index in [1.54, 1.807) is 0 Å². The third-order valence-electron chi connectivity index (χ3n) is 5.70. The van der Waals surface area contributed by atoms with Crippen molar-refractivity contribution in [1.82, 2.24) is 14.5 Å². The van der Waals surface area contributed by atoms with Gasteiger partial charge in [-0.25, -0.2) is 4.98 Å². The van der Waals surface area contributed by atoms with Crippen LogP contribution in [0.2, 0.25) is 0 Å². The predicted octanol–water partition coefficient (Wildman–Crippen LogP) is 4.99. The van der Waals surface area contributed by atoms with Crippen molar-refractivity contribution in [2.24, 2.45) is 0 Å². The normalized spacial score (nSPS) is 16.2. The zero-order valence-electron chi connectivity index (χ0n) is 19.3. The first-order chi connectivity index (χ1) is 15.4. The fraction of sp³-hybridized carbons (Fsp3) is 0.385. The van der Waals surface area contributed by atoms with Crippen LogP contribution in [-0.2, 0) is 17.8 Å². The van der Waals surface area contributed by atoms with Gasteiger partial charge in [-0.2, -0.15) is 0 Å². The highest BCUT2D eigenvalue weighted by Crippen LogP contribution is 2.33. The summed E-state index contributed by atoms with van der Waals surface area (Å²) in [5, 5.41) is 3.13. The topological polar surface area (TPSA) is 59.4 Å². The second-order valence-electron chi connectivity index (χ2n) is 8.87. The summed E-state index contributed by atoms with van der Waals surface area (Å²) in [5.41, 5.74) is 3.97. The first-order valence-corrected chi connectivity index (χ1v) is 11.3. The molecular weight excluding hydrogens is 400 g/mol. The molecule has 4 rings (SSSR count). The molecule has 0 spiro atoms. The number of anilines is 1. The Morgan fingerprint density at radius 2 is 1.81 bits per heavy atom. The Morgan fingerprint density at radius 3 is 2.47 bits per heavy atom. The van der Waals surface area contributed by atoms with Gasteiger partial charge in [-0.3, -0.25) is 9.69 Å². The number of hydrogen-bond donors (Lipinski definition) is 1. The van der Waals surface area contributed by atoms with E-state index in [0.717, 1.165) is 35.8 Å². The van der Waals surface area contributed by atoms with E-state index in [9.17, 15) is 4.79 Å². The Morgan fingerprint density at radius 1 is 1.09 bits per heavy atom. The minimum absolute atomic E-state index is 0.0400.